The topological polar surface area (TPSA) is 58.6 Å². The third-order valence-corrected chi connectivity index (χ3v) is 4.12. The van der Waals surface area contributed by atoms with Crippen LogP contribution in [0.3, 0.4) is 0 Å². The third kappa shape index (κ3) is 3.40. The number of anilines is 1. The standard InChI is InChI=1S/C19H20N2O3/c1-13-3-6-15(7-4-13)19(23)20-10-9-14-5-8-17-16(11-14)21(2)18(22)12-24-17/h3-8,11H,9-10,12H2,1-2H3,(H,20,23). The van der Waals surface area contributed by atoms with Gasteiger partial charge in [-0.05, 0) is 43.2 Å². The molecule has 0 spiro atoms. The second-order valence-corrected chi connectivity index (χ2v) is 5.92. The van der Waals surface area contributed by atoms with Crippen LogP contribution < -0.4 is 15.0 Å². The molecule has 2 aromatic rings. The van der Waals surface area contributed by atoms with E-state index in [2.05, 4.69) is 5.32 Å². The van der Waals surface area contributed by atoms with Gasteiger partial charge in [0.15, 0.2) is 6.61 Å². The Morgan fingerprint density at radius 1 is 1.21 bits per heavy atom. The van der Waals surface area contributed by atoms with Crippen molar-refractivity contribution in [1.29, 1.82) is 0 Å². The molecule has 5 nitrogen and oxygen atoms in total. The minimum absolute atomic E-state index is 0.0627. The van der Waals surface area contributed by atoms with Crippen LogP contribution in [0.1, 0.15) is 21.5 Å². The summed E-state index contributed by atoms with van der Waals surface area (Å²) < 4.78 is 5.41. The lowest BCUT2D eigenvalue weighted by Gasteiger charge is -2.26. The number of amides is 2. The molecule has 0 fully saturated rings. The van der Waals surface area contributed by atoms with Gasteiger partial charge in [-0.15, -0.1) is 0 Å². The zero-order valence-corrected chi connectivity index (χ0v) is 13.8. The van der Waals surface area contributed by atoms with Gasteiger partial charge in [-0.3, -0.25) is 9.59 Å². The van der Waals surface area contributed by atoms with Crippen LogP contribution in [0.5, 0.6) is 5.75 Å². The summed E-state index contributed by atoms with van der Waals surface area (Å²) in [5.41, 5.74) is 3.60. The first-order chi connectivity index (χ1) is 11.5. The second kappa shape index (κ2) is 6.74. The largest absolute Gasteiger partial charge is 0.482 e. The van der Waals surface area contributed by atoms with Gasteiger partial charge in [0.2, 0.25) is 0 Å². The van der Waals surface area contributed by atoms with Crippen molar-refractivity contribution in [2.24, 2.45) is 0 Å². The number of aryl methyl sites for hydroxylation is 1. The van der Waals surface area contributed by atoms with Crippen LogP contribution >= 0.6 is 0 Å². The molecule has 0 radical (unpaired) electrons. The molecule has 2 aromatic carbocycles. The number of nitrogens with zero attached hydrogens (tertiary/aromatic N) is 1. The van der Waals surface area contributed by atoms with E-state index in [4.69, 9.17) is 4.74 Å². The number of carbonyl (C=O) groups excluding carboxylic acids is 2. The van der Waals surface area contributed by atoms with Gasteiger partial charge in [0.05, 0.1) is 5.69 Å². The van der Waals surface area contributed by atoms with Crippen LogP contribution in [0.15, 0.2) is 42.5 Å². The van der Waals surface area contributed by atoms with E-state index in [9.17, 15) is 9.59 Å². The molecule has 0 aliphatic carbocycles. The first-order valence-electron chi connectivity index (χ1n) is 7.92. The Labute approximate surface area is 141 Å². The number of nitrogens with one attached hydrogen (secondary N) is 1. The Hall–Kier alpha value is -2.82. The summed E-state index contributed by atoms with van der Waals surface area (Å²) in [6.45, 7) is 2.60. The fourth-order valence-electron chi connectivity index (χ4n) is 2.60. The van der Waals surface area contributed by atoms with Crippen molar-refractivity contribution in [3.63, 3.8) is 0 Å². The van der Waals surface area contributed by atoms with E-state index < -0.39 is 0 Å². The lowest BCUT2D eigenvalue weighted by Crippen LogP contribution is -2.35. The normalized spacial score (nSPS) is 13.2. The van der Waals surface area contributed by atoms with Gasteiger partial charge in [-0.2, -0.15) is 0 Å². The summed E-state index contributed by atoms with van der Waals surface area (Å²) in [5, 5.41) is 2.92. The number of hydrogen-bond acceptors (Lipinski definition) is 3. The highest BCUT2D eigenvalue weighted by molar-refractivity contribution is 5.97. The van der Waals surface area contributed by atoms with E-state index >= 15 is 0 Å². The van der Waals surface area contributed by atoms with Gasteiger partial charge < -0.3 is 15.0 Å². The van der Waals surface area contributed by atoms with E-state index in [0.717, 1.165) is 16.8 Å². The maximum Gasteiger partial charge on any atom is 0.264 e. The highest BCUT2D eigenvalue weighted by Crippen LogP contribution is 2.31. The minimum Gasteiger partial charge on any atom is -0.482 e. The smallest absolute Gasteiger partial charge is 0.264 e. The Bertz CT molecular complexity index is 769. The zero-order valence-electron chi connectivity index (χ0n) is 13.8. The summed E-state index contributed by atoms with van der Waals surface area (Å²) >= 11 is 0. The Morgan fingerprint density at radius 3 is 2.71 bits per heavy atom. The average molecular weight is 324 g/mol. The Balaban J connectivity index is 1.60. The van der Waals surface area contributed by atoms with Crippen LogP contribution in [0.25, 0.3) is 0 Å². The molecular formula is C19H20N2O3. The Kier molecular flexibility index (Phi) is 4.51. The fourth-order valence-corrected chi connectivity index (χ4v) is 2.60. The predicted molar refractivity (Wildman–Crippen MR) is 92.6 cm³/mol. The third-order valence-electron chi connectivity index (χ3n) is 4.12. The van der Waals surface area contributed by atoms with Crippen LogP contribution in [0, 0.1) is 6.92 Å². The van der Waals surface area contributed by atoms with Gasteiger partial charge in [-0.1, -0.05) is 23.8 Å². The number of carbonyl (C=O) groups is 2. The first-order valence-corrected chi connectivity index (χ1v) is 7.92. The molecule has 0 saturated carbocycles. The maximum atomic E-state index is 12.1. The van der Waals surface area contributed by atoms with Crippen LogP contribution in [-0.4, -0.2) is 32.0 Å². The zero-order chi connectivity index (χ0) is 17.1. The average Bonchev–Trinajstić information content (AvgIpc) is 2.59. The van der Waals surface area contributed by atoms with E-state index in [1.54, 1.807) is 11.9 Å². The molecule has 124 valence electrons. The van der Waals surface area contributed by atoms with Crippen molar-refractivity contribution in [1.82, 2.24) is 5.32 Å². The van der Waals surface area contributed by atoms with Gasteiger partial charge in [-0.25, -0.2) is 0 Å². The lowest BCUT2D eigenvalue weighted by molar-refractivity contribution is -0.120. The molecule has 24 heavy (non-hydrogen) atoms. The second-order valence-electron chi connectivity index (χ2n) is 5.92. The number of benzene rings is 2. The number of fused-ring (bicyclic) bond motifs is 1. The summed E-state index contributed by atoms with van der Waals surface area (Å²) in [4.78, 5) is 25.4. The van der Waals surface area contributed by atoms with Crippen LogP contribution in [0.2, 0.25) is 0 Å². The molecule has 3 rings (SSSR count). The molecule has 0 atom stereocenters. The molecule has 1 aliphatic heterocycles. The molecule has 2 amide bonds. The van der Waals surface area contributed by atoms with Crippen LogP contribution in [0.4, 0.5) is 5.69 Å². The summed E-state index contributed by atoms with van der Waals surface area (Å²) in [6, 6.07) is 13.2. The SMILES string of the molecule is Cc1ccc(C(=O)NCCc2ccc3c(c2)N(C)C(=O)CO3)cc1. The number of likely N-dealkylation sites (N-methyl/N-ethyl adjacent to an activating group) is 1. The quantitative estimate of drug-likeness (QED) is 0.939. The first kappa shape index (κ1) is 16.1. The maximum absolute atomic E-state index is 12.1. The van der Waals surface area contributed by atoms with Crippen molar-refractivity contribution in [3.05, 3.63) is 59.2 Å². The van der Waals surface area contributed by atoms with E-state index in [-0.39, 0.29) is 18.4 Å². The van der Waals surface area contributed by atoms with Gasteiger partial charge >= 0.3 is 0 Å². The van der Waals surface area contributed by atoms with Gasteiger partial charge in [0, 0.05) is 19.2 Å². The lowest BCUT2D eigenvalue weighted by atomic mass is 10.1. The van der Waals surface area contributed by atoms with Crippen molar-refractivity contribution >= 4 is 17.5 Å². The molecule has 1 aliphatic rings. The molecule has 0 saturated heterocycles. The highest BCUT2D eigenvalue weighted by Gasteiger charge is 2.22. The van der Waals surface area contributed by atoms with Gasteiger partial charge in [0.25, 0.3) is 11.8 Å². The molecule has 0 aromatic heterocycles. The van der Waals surface area contributed by atoms with Crippen molar-refractivity contribution in [2.45, 2.75) is 13.3 Å². The Morgan fingerprint density at radius 2 is 1.96 bits per heavy atom. The van der Waals surface area contributed by atoms with Crippen molar-refractivity contribution < 1.29 is 14.3 Å². The van der Waals surface area contributed by atoms with E-state index in [1.807, 2.05) is 49.4 Å². The van der Waals surface area contributed by atoms with Crippen molar-refractivity contribution in [3.8, 4) is 5.75 Å². The number of ether oxygens (including phenoxy) is 1. The molecule has 1 heterocycles. The molecule has 0 unspecified atom stereocenters. The molecule has 5 heteroatoms. The minimum atomic E-state index is -0.0800. The predicted octanol–water partition coefficient (Wildman–Crippen LogP) is 2.32. The summed E-state index contributed by atoms with van der Waals surface area (Å²) in [5.74, 6) is 0.570. The van der Waals surface area contributed by atoms with Crippen LogP contribution in [-0.2, 0) is 11.2 Å². The van der Waals surface area contributed by atoms with Gasteiger partial charge in [0.1, 0.15) is 5.75 Å². The number of rotatable bonds is 4. The highest BCUT2D eigenvalue weighted by atomic mass is 16.5. The fraction of sp³-hybridized carbons (Fsp3) is 0.263. The molecule has 0 bridgehead atoms. The monoisotopic (exact) mass is 324 g/mol. The molecular weight excluding hydrogens is 304 g/mol. The number of hydrogen-bond donors (Lipinski definition) is 1. The van der Waals surface area contributed by atoms with E-state index in [0.29, 0.717) is 24.3 Å². The van der Waals surface area contributed by atoms with Crippen molar-refractivity contribution in [2.75, 3.05) is 25.1 Å². The summed E-state index contributed by atoms with van der Waals surface area (Å²) in [6.07, 6.45) is 0.687. The molecule has 1 N–H and O–H groups in total. The van der Waals surface area contributed by atoms with E-state index in [1.165, 1.54) is 0 Å². The summed E-state index contributed by atoms with van der Waals surface area (Å²) in [7, 11) is 1.74.